The van der Waals surface area contributed by atoms with Crippen molar-refractivity contribution in [2.75, 3.05) is 6.61 Å². The number of benzene rings is 2. The molecule has 0 saturated carbocycles. The molecule has 142 valence electrons. The third kappa shape index (κ3) is 4.01. The number of aromatic nitrogens is 1. The number of rotatable bonds is 6. The predicted molar refractivity (Wildman–Crippen MR) is 110 cm³/mol. The van der Waals surface area contributed by atoms with Crippen molar-refractivity contribution in [3.8, 4) is 11.1 Å². The van der Waals surface area contributed by atoms with Gasteiger partial charge in [-0.25, -0.2) is 9.78 Å². The summed E-state index contributed by atoms with van der Waals surface area (Å²) in [6, 6.07) is 20.7. The van der Waals surface area contributed by atoms with Gasteiger partial charge in [-0.05, 0) is 38.0 Å². The second kappa shape index (κ2) is 8.61. The second-order valence-corrected chi connectivity index (χ2v) is 6.62. The third-order valence-electron chi connectivity index (χ3n) is 4.65. The molecule has 0 fully saturated rings. The Hall–Kier alpha value is -3.27. The van der Waals surface area contributed by atoms with Crippen molar-refractivity contribution in [2.45, 2.75) is 26.7 Å². The summed E-state index contributed by atoms with van der Waals surface area (Å²) in [4.78, 5) is 30.0. The molecule has 1 atom stereocenters. The molecular weight excluding hydrogens is 350 g/mol. The lowest BCUT2D eigenvalue weighted by molar-refractivity contribution is 0.0518. The molecule has 1 aromatic heterocycles. The fourth-order valence-electron chi connectivity index (χ4n) is 3.28. The highest BCUT2D eigenvalue weighted by Gasteiger charge is 2.25. The molecule has 0 N–H and O–H groups in total. The van der Waals surface area contributed by atoms with Crippen LogP contribution in [-0.4, -0.2) is 23.3 Å². The van der Waals surface area contributed by atoms with Gasteiger partial charge in [0.1, 0.15) is 5.69 Å². The number of aryl methyl sites for hydroxylation is 1. The standard InChI is InChI=1S/C24H23NO3/c1-4-28-24(27)20-15-16(2)21(18-11-7-5-8-12-18)22(25-20)17(3)23(26)19-13-9-6-10-14-19/h5-15,17H,4H2,1-3H3. The van der Waals surface area contributed by atoms with Crippen LogP contribution in [0, 0.1) is 6.92 Å². The van der Waals surface area contributed by atoms with Gasteiger partial charge >= 0.3 is 5.97 Å². The van der Waals surface area contributed by atoms with Crippen LogP contribution in [0.2, 0.25) is 0 Å². The van der Waals surface area contributed by atoms with E-state index in [1.54, 1.807) is 25.1 Å². The van der Waals surface area contributed by atoms with Crippen LogP contribution in [0.3, 0.4) is 0 Å². The maximum atomic E-state index is 13.1. The number of ether oxygens (including phenoxy) is 1. The first-order valence-corrected chi connectivity index (χ1v) is 9.36. The Labute approximate surface area is 165 Å². The molecule has 0 radical (unpaired) electrons. The highest BCUT2D eigenvalue weighted by atomic mass is 16.5. The number of Topliss-reactive ketones (excluding diaryl/α,β-unsaturated/α-hetero) is 1. The van der Waals surface area contributed by atoms with Gasteiger partial charge in [-0.1, -0.05) is 60.7 Å². The number of hydrogen-bond acceptors (Lipinski definition) is 4. The largest absolute Gasteiger partial charge is 0.461 e. The summed E-state index contributed by atoms with van der Waals surface area (Å²) >= 11 is 0. The number of hydrogen-bond donors (Lipinski definition) is 0. The molecule has 4 heteroatoms. The van der Waals surface area contributed by atoms with Crippen LogP contribution in [0.1, 0.15) is 51.9 Å². The smallest absolute Gasteiger partial charge is 0.356 e. The van der Waals surface area contributed by atoms with Crippen molar-refractivity contribution in [1.29, 1.82) is 0 Å². The average Bonchev–Trinajstić information content (AvgIpc) is 2.73. The Morgan fingerprint density at radius 1 is 1.00 bits per heavy atom. The van der Waals surface area contributed by atoms with Gasteiger partial charge < -0.3 is 4.74 Å². The van der Waals surface area contributed by atoms with Crippen molar-refractivity contribution in [3.63, 3.8) is 0 Å². The summed E-state index contributed by atoms with van der Waals surface area (Å²) in [5.74, 6) is -1.03. The zero-order valence-electron chi connectivity index (χ0n) is 16.3. The average molecular weight is 373 g/mol. The lowest BCUT2D eigenvalue weighted by Gasteiger charge is -2.18. The number of carbonyl (C=O) groups is 2. The molecule has 1 heterocycles. The summed E-state index contributed by atoms with van der Waals surface area (Å²) < 4.78 is 5.12. The van der Waals surface area contributed by atoms with Gasteiger partial charge in [0.15, 0.2) is 5.78 Å². The first-order valence-electron chi connectivity index (χ1n) is 9.36. The van der Waals surface area contributed by atoms with E-state index < -0.39 is 11.9 Å². The van der Waals surface area contributed by atoms with Crippen LogP contribution in [0.15, 0.2) is 66.7 Å². The van der Waals surface area contributed by atoms with Gasteiger partial charge in [0.2, 0.25) is 0 Å². The zero-order chi connectivity index (χ0) is 20.1. The maximum absolute atomic E-state index is 13.1. The highest BCUT2D eigenvalue weighted by molar-refractivity contribution is 6.01. The predicted octanol–water partition coefficient (Wildman–Crippen LogP) is 5.22. The number of esters is 1. The van der Waals surface area contributed by atoms with Gasteiger partial charge in [0, 0.05) is 11.1 Å². The molecule has 0 bridgehead atoms. The fourth-order valence-corrected chi connectivity index (χ4v) is 3.28. The van der Waals surface area contributed by atoms with E-state index in [0.29, 0.717) is 11.3 Å². The van der Waals surface area contributed by atoms with Crippen molar-refractivity contribution in [1.82, 2.24) is 4.98 Å². The minimum absolute atomic E-state index is 0.0364. The molecule has 2 aromatic carbocycles. The van der Waals surface area contributed by atoms with E-state index in [0.717, 1.165) is 16.7 Å². The number of nitrogens with zero attached hydrogens (tertiary/aromatic N) is 1. The van der Waals surface area contributed by atoms with E-state index in [1.165, 1.54) is 0 Å². The van der Waals surface area contributed by atoms with Crippen LogP contribution in [0.5, 0.6) is 0 Å². The molecule has 4 nitrogen and oxygen atoms in total. The summed E-state index contributed by atoms with van der Waals surface area (Å²) in [6.07, 6.45) is 0. The van der Waals surface area contributed by atoms with Gasteiger partial charge in [0.05, 0.1) is 18.2 Å². The van der Waals surface area contributed by atoms with E-state index in [9.17, 15) is 9.59 Å². The van der Waals surface area contributed by atoms with Gasteiger partial charge in [-0.3, -0.25) is 4.79 Å². The molecule has 0 aliphatic rings. The van der Waals surface area contributed by atoms with E-state index >= 15 is 0 Å². The first-order chi connectivity index (χ1) is 13.5. The molecule has 3 aromatic rings. The van der Waals surface area contributed by atoms with Crippen molar-refractivity contribution in [2.24, 2.45) is 0 Å². The van der Waals surface area contributed by atoms with Crippen molar-refractivity contribution >= 4 is 11.8 Å². The molecule has 3 rings (SSSR count). The number of pyridine rings is 1. The first kappa shape index (κ1) is 19.5. The number of carbonyl (C=O) groups excluding carboxylic acids is 2. The molecule has 0 saturated heterocycles. The Morgan fingerprint density at radius 2 is 1.61 bits per heavy atom. The minimum Gasteiger partial charge on any atom is -0.461 e. The fraction of sp³-hybridized carbons (Fsp3) is 0.208. The van der Waals surface area contributed by atoms with E-state index in [-0.39, 0.29) is 18.1 Å². The van der Waals surface area contributed by atoms with Crippen LogP contribution in [0.25, 0.3) is 11.1 Å². The Bertz CT molecular complexity index is 981. The summed E-state index contributed by atoms with van der Waals surface area (Å²) in [6.45, 7) is 5.79. The lowest BCUT2D eigenvalue weighted by Crippen LogP contribution is -2.16. The molecule has 0 spiro atoms. The van der Waals surface area contributed by atoms with Crippen LogP contribution < -0.4 is 0 Å². The zero-order valence-corrected chi connectivity index (χ0v) is 16.3. The van der Waals surface area contributed by atoms with Crippen LogP contribution in [0.4, 0.5) is 0 Å². The molecule has 0 aliphatic heterocycles. The van der Waals surface area contributed by atoms with E-state index in [1.807, 2.05) is 62.4 Å². The summed E-state index contributed by atoms with van der Waals surface area (Å²) in [5.41, 5.74) is 4.16. The molecule has 0 aliphatic carbocycles. The Balaban J connectivity index is 2.15. The minimum atomic E-state index is -0.509. The van der Waals surface area contributed by atoms with Gasteiger partial charge in [0.25, 0.3) is 0 Å². The SMILES string of the molecule is CCOC(=O)c1cc(C)c(-c2ccccc2)c(C(C)C(=O)c2ccccc2)n1. The summed E-state index contributed by atoms with van der Waals surface area (Å²) in [7, 11) is 0. The third-order valence-corrected chi connectivity index (χ3v) is 4.65. The second-order valence-electron chi connectivity index (χ2n) is 6.62. The molecular formula is C24H23NO3. The topological polar surface area (TPSA) is 56.3 Å². The highest BCUT2D eigenvalue weighted by Crippen LogP contribution is 2.33. The normalized spacial score (nSPS) is 11.7. The van der Waals surface area contributed by atoms with E-state index in [4.69, 9.17) is 4.74 Å². The van der Waals surface area contributed by atoms with Crippen molar-refractivity contribution < 1.29 is 14.3 Å². The number of ketones is 1. The lowest BCUT2D eigenvalue weighted by atomic mass is 9.88. The Kier molecular flexibility index (Phi) is 5.99. The Morgan fingerprint density at radius 3 is 2.21 bits per heavy atom. The monoisotopic (exact) mass is 373 g/mol. The maximum Gasteiger partial charge on any atom is 0.356 e. The molecule has 1 unspecified atom stereocenters. The van der Waals surface area contributed by atoms with Crippen molar-refractivity contribution in [3.05, 3.63) is 89.2 Å². The van der Waals surface area contributed by atoms with Crippen LogP contribution >= 0.6 is 0 Å². The van der Waals surface area contributed by atoms with Gasteiger partial charge in [-0.2, -0.15) is 0 Å². The van der Waals surface area contributed by atoms with Gasteiger partial charge in [-0.15, -0.1) is 0 Å². The van der Waals surface area contributed by atoms with Crippen LogP contribution in [-0.2, 0) is 4.74 Å². The molecule has 0 amide bonds. The molecule has 28 heavy (non-hydrogen) atoms. The quantitative estimate of drug-likeness (QED) is 0.439. The van der Waals surface area contributed by atoms with E-state index in [2.05, 4.69) is 4.98 Å². The summed E-state index contributed by atoms with van der Waals surface area (Å²) in [5, 5.41) is 0.